The van der Waals surface area contributed by atoms with Crippen LogP contribution < -0.4 is 9.73 Å². The number of nitrogens with one attached hydrogen (secondary N) is 1. The fourth-order valence-corrected chi connectivity index (χ4v) is 5.01. The molecule has 1 N–H and O–H groups in total. The van der Waals surface area contributed by atoms with Crippen LogP contribution in [0.2, 0.25) is 5.02 Å². The van der Waals surface area contributed by atoms with Crippen molar-refractivity contribution in [3.63, 3.8) is 0 Å². The van der Waals surface area contributed by atoms with E-state index in [1.807, 2.05) is 24.3 Å². The van der Waals surface area contributed by atoms with E-state index in [1.165, 1.54) is 17.7 Å². The summed E-state index contributed by atoms with van der Waals surface area (Å²) in [5, 5.41) is 4.39. The molecule has 3 aromatic carbocycles. The van der Waals surface area contributed by atoms with Gasteiger partial charge in [-0.05, 0) is 47.7 Å². The fraction of sp³-hybridized carbons (Fsp3) is 0.231. The number of nitrogens with zero attached hydrogens (tertiary/aromatic N) is 2. The first-order valence-electron chi connectivity index (χ1n) is 10.8. The Hall–Kier alpha value is -3.16. The van der Waals surface area contributed by atoms with Crippen molar-refractivity contribution in [3.8, 4) is 0 Å². The molecule has 0 saturated carbocycles. The van der Waals surface area contributed by atoms with Gasteiger partial charge >= 0.3 is 0 Å². The van der Waals surface area contributed by atoms with Crippen molar-refractivity contribution in [1.82, 2.24) is 5.43 Å². The molecule has 0 aromatic heterocycles. The van der Waals surface area contributed by atoms with Gasteiger partial charge in [0.1, 0.15) is 6.54 Å². The van der Waals surface area contributed by atoms with Crippen LogP contribution in [0.5, 0.6) is 0 Å². The molecular formula is C26H28ClN3O3S. The lowest BCUT2D eigenvalue weighted by atomic mass is 9.86. The van der Waals surface area contributed by atoms with Crippen molar-refractivity contribution in [2.24, 2.45) is 5.10 Å². The number of para-hydroxylation sites is 1. The van der Waals surface area contributed by atoms with E-state index in [0.717, 1.165) is 9.87 Å². The molecule has 34 heavy (non-hydrogen) atoms. The Morgan fingerprint density at radius 1 is 0.941 bits per heavy atom. The maximum absolute atomic E-state index is 13.3. The fourth-order valence-electron chi connectivity index (χ4n) is 3.26. The third-order valence-electron chi connectivity index (χ3n) is 5.26. The molecule has 0 fully saturated rings. The zero-order valence-corrected chi connectivity index (χ0v) is 21.2. The van der Waals surface area contributed by atoms with Gasteiger partial charge in [-0.2, -0.15) is 5.10 Å². The third-order valence-corrected chi connectivity index (χ3v) is 7.35. The van der Waals surface area contributed by atoms with Crippen LogP contribution in [0.1, 0.15) is 38.8 Å². The predicted octanol–water partition coefficient (Wildman–Crippen LogP) is 5.37. The summed E-state index contributed by atoms with van der Waals surface area (Å²) in [4.78, 5) is 12.8. The van der Waals surface area contributed by atoms with Crippen LogP contribution in [0.4, 0.5) is 5.69 Å². The maximum atomic E-state index is 13.3. The lowest BCUT2D eigenvalue weighted by molar-refractivity contribution is -0.119. The summed E-state index contributed by atoms with van der Waals surface area (Å²) in [6, 6.07) is 22.3. The normalized spacial score (nSPS) is 12.3. The molecule has 6 nitrogen and oxygen atoms in total. The van der Waals surface area contributed by atoms with Crippen LogP contribution in [0.3, 0.4) is 0 Å². The second-order valence-electron chi connectivity index (χ2n) is 8.84. The summed E-state index contributed by atoms with van der Waals surface area (Å²) in [7, 11) is -4.04. The van der Waals surface area contributed by atoms with Crippen molar-refractivity contribution in [2.75, 3.05) is 10.8 Å². The molecule has 0 radical (unpaired) electrons. The minimum atomic E-state index is -4.04. The monoisotopic (exact) mass is 497 g/mol. The Bertz CT molecular complexity index is 1280. The summed E-state index contributed by atoms with van der Waals surface area (Å²) >= 11 is 6.28. The van der Waals surface area contributed by atoms with Crippen molar-refractivity contribution < 1.29 is 13.2 Å². The quantitative estimate of drug-likeness (QED) is 0.352. The molecule has 3 rings (SSSR count). The predicted molar refractivity (Wildman–Crippen MR) is 138 cm³/mol. The third kappa shape index (κ3) is 6.04. The van der Waals surface area contributed by atoms with Gasteiger partial charge < -0.3 is 0 Å². The number of anilines is 1. The summed E-state index contributed by atoms with van der Waals surface area (Å²) in [6.45, 7) is 7.70. The number of carbonyl (C=O) groups is 1. The average Bonchev–Trinajstić information content (AvgIpc) is 2.81. The number of sulfonamides is 1. The van der Waals surface area contributed by atoms with E-state index in [4.69, 9.17) is 11.6 Å². The first-order chi connectivity index (χ1) is 16.0. The van der Waals surface area contributed by atoms with Crippen LogP contribution in [0.15, 0.2) is 88.9 Å². The highest BCUT2D eigenvalue weighted by Gasteiger charge is 2.28. The van der Waals surface area contributed by atoms with Crippen LogP contribution in [-0.2, 0) is 20.2 Å². The summed E-state index contributed by atoms with van der Waals surface area (Å²) in [5.74, 6) is -0.593. The number of hydrogen-bond acceptors (Lipinski definition) is 4. The Morgan fingerprint density at radius 2 is 1.53 bits per heavy atom. The Kier molecular flexibility index (Phi) is 7.79. The average molecular weight is 498 g/mol. The number of carbonyl (C=O) groups excluding carboxylic acids is 1. The molecule has 0 heterocycles. The summed E-state index contributed by atoms with van der Waals surface area (Å²) in [6.07, 6.45) is 0. The molecule has 0 aliphatic heterocycles. The van der Waals surface area contributed by atoms with E-state index in [9.17, 15) is 13.2 Å². The molecule has 0 spiro atoms. The molecule has 0 aliphatic rings. The highest BCUT2D eigenvalue weighted by atomic mass is 35.5. The second-order valence-corrected chi connectivity index (χ2v) is 11.1. The molecule has 0 saturated heterocycles. The number of rotatable bonds is 7. The Balaban J connectivity index is 1.83. The van der Waals surface area contributed by atoms with Gasteiger partial charge in [0.25, 0.3) is 15.9 Å². The molecule has 3 aromatic rings. The maximum Gasteiger partial charge on any atom is 0.264 e. The van der Waals surface area contributed by atoms with Gasteiger partial charge in [0.05, 0.1) is 21.3 Å². The van der Waals surface area contributed by atoms with Crippen LogP contribution in [-0.4, -0.2) is 26.6 Å². The van der Waals surface area contributed by atoms with E-state index >= 15 is 0 Å². The lowest BCUT2D eigenvalue weighted by Gasteiger charge is -2.24. The highest BCUT2D eigenvalue weighted by Crippen LogP contribution is 2.30. The smallest absolute Gasteiger partial charge is 0.264 e. The molecule has 8 heteroatoms. The van der Waals surface area contributed by atoms with Gasteiger partial charge in [-0.3, -0.25) is 9.10 Å². The van der Waals surface area contributed by atoms with E-state index in [1.54, 1.807) is 49.4 Å². The Labute approximate surface area is 206 Å². The number of amides is 1. The van der Waals surface area contributed by atoms with E-state index in [0.29, 0.717) is 5.71 Å². The minimum Gasteiger partial charge on any atom is -0.271 e. The van der Waals surface area contributed by atoms with Gasteiger partial charge in [0, 0.05) is 0 Å². The number of hydrogen-bond donors (Lipinski definition) is 1. The number of hydrazone groups is 1. The van der Waals surface area contributed by atoms with Gasteiger partial charge in [0.15, 0.2) is 0 Å². The van der Waals surface area contributed by atoms with Crippen LogP contribution >= 0.6 is 11.6 Å². The Morgan fingerprint density at radius 3 is 2.12 bits per heavy atom. The standard InChI is InChI=1S/C26H28ClN3O3S/c1-19(20-14-16-21(17-15-20)26(2,3)4)28-29-25(31)18-30(24-13-9-8-12-23(24)27)34(32,33)22-10-6-5-7-11-22/h5-17H,18H2,1-4H3,(H,29,31)/b28-19-. The molecule has 1 amide bonds. The van der Waals surface area contributed by atoms with E-state index in [2.05, 4.69) is 31.3 Å². The SMILES string of the molecule is C/C(=N/NC(=O)CN(c1ccccc1Cl)S(=O)(=O)c1ccccc1)c1ccc(C(C)(C)C)cc1. The second kappa shape index (κ2) is 10.4. The zero-order valence-electron chi connectivity index (χ0n) is 19.6. The van der Waals surface area contributed by atoms with Crippen molar-refractivity contribution in [2.45, 2.75) is 38.0 Å². The van der Waals surface area contributed by atoms with Crippen LogP contribution in [0, 0.1) is 0 Å². The molecule has 0 unspecified atom stereocenters. The molecule has 178 valence electrons. The summed E-state index contributed by atoms with van der Waals surface area (Å²) in [5.41, 5.74) is 5.36. The topological polar surface area (TPSA) is 78.8 Å². The minimum absolute atomic E-state index is 0.0320. The first kappa shape index (κ1) is 25.5. The van der Waals surface area contributed by atoms with Gasteiger partial charge in [0.2, 0.25) is 0 Å². The van der Waals surface area contributed by atoms with Gasteiger partial charge in [-0.25, -0.2) is 13.8 Å². The van der Waals surface area contributed by atoms with Crippen LogP contribution in [0.25, 0.3) is 0 Å². The highest BCUT2D eigenvalue weighted by molar-refractivity contribution is 7.92. The zero-order chi connectivity index (χ0) is 24.9. The van der Waals surface area contributed by atoms with Crippen molar-refractivity contribution in [1.29, 1.82) is 0 Å². The number of benzene rings is 3. The number of halogens is 1. The molecule has 0 bridgehead atoms. The molecule has 0 aliphatic carbocycles. The molecular weight excluding hydrogens is 470 g/mol. The van der Waals surface area contributed by atoms with Crippen molar-refractivity contribution in [3.05, 3.63) is 95.0 Å². The first-order valence-corrected chi connectivity index (χ1v) is 12.6. The largest absolute Gasteiger partial charge is 0.271 e. The summed E-state index contributed by atoms with van der Waals surface area (Å²) < 4.78 is 27.7. The van der Waals surface area contributed by atoms with Gasteiger partial charge in [-0.15, -0.1) is 0 Å². The van der Waals surface area contributed by atoms with Crippen molar-refractivity contribution >= 4 is 38.9 Å². The van der Waals surface area contributed by atoms with Gasteiger partial charge in [-0.1, -0.05) is 87.0 Å². The van der Waals surface area contributed by atoms with E-state index < -0.39 is 22.5 Å². The molecule has 0 atom stereocenters. The van der Waals surface area contributed by atoms with E-state index in [-0.39, 0.29) is 21.0 Å². The lowest BCUT2D eigenvalue weighted by Crippen LogP contribution is -2.40.